The van der Waals surface area contributed by atoms with E-state index in [0.717, 1.165) is 0 Å². The second-order valence-corrected chi connectivity index (χ2v) is 4.47. The van der Waals surface area contributed by atoms with E-state index in [1.165, 1.54) is 6.07 Å². The molecule has 0 aliphatic carbocycles. The average Bonchev–Trinajstić information content (AvgIpc) is 2.92. The Bertz CT molecular complexity index is 767. The van der Waals surface area contributed by atoms with Crippen LogP contribution in [0.5, 0.6) is 0 Å². The molecule has 0 aliphatic rings. The molecule has 0 fully saturated rings. The Labute approximate surface area is 115 Å². The van der Waals surface area contributed by atoms with Gasteiger partial charge in [-0.15, -0.1) is 0 Å². The van der Waals surface area contributed by atoms with Gasteiger partial charge in [0, 0.05) is 11.3 Å². The fourth-order valence-electron chi connectivity index (χ4n) is 1.87. The topological polar surface area (TPSA) is 64.9 Å². The molecule has 2 N–H and O–H groups in total. The molecule has 0 saturated heterocycles. The van der Waals surface area contributed by atoms with Gasteiger partial charge in [-0.2, -0.15) is 4.98 Å². The van der Waals surface area contributed by atoms with Gasteiger partial charge in [0.05, 0.1) is 5.56 Å². The molecule has 1 heterocycles. The van der Waals surface area contributed by atoms with Gasteiger partial charge in [0.25, 0.3) is 5.89 Å². The molecule has 1 aromatic heterocycles. The summed E-state index contributed by atoms with van der Waals surface area (Å²) in [6, 6.07) is 12.0. The van der Waals surface area contributed by atoms with Gasteiger partial charge < -0.3 is 10.3 Å². The number of benzene rings is 2. The molecule has 0 bridgehead atoms. The van der Waals surface area contributed by atoms with Gasteiger partial charge in [0.2, 0.25) is 5.82 Å². The van der Waals surface area contributed by atoms with Crippen molar-refractivity contribution in [2.45, 2.75) is 6.92 Å². The van der Waals surface area contributed by atoms with Crippen molar-refractivity contribution in [1.82, 2.24) is 10.1 Å². The molecule has 0 atom stereocenters. The summed E-state index contributed by atoms with van der Waals surface area (Å²) in [5, 5.41) is 3.87. The predicted octanol–water partition coefficient (Wildman–Crippen LogP) is 3.43. The van der Waals surface area contributed by atoms with Crippen LogP contribution in [0.25, 0.3) is 22.8 Å². The number of nitrogens with zero attached hydrogens (tertiary/aromatic N) is 2. The van der Waals surface area contributed by atoms with Crippen LogP contribution in [0.15, 0.2) is 47.0 Å². The van der Waals surface area contributed by atoms with Crippen LogP contribution in [0.2, 0.25) is 0 Å². The average molecular weight is 269 g/mol. The molecule has 2 aromatic carbocycles. The van der Waals surface area contributed by atoms with Gasteiger partial charge in [0.1, 0.15) is 5.82 Å². The number of rotatable bonds is 2. The van der Waals surface area contributed by atoms with E-state index in [-0.39, 0.29) is 5.82 Å². The number of para-hydroxylation sites is 1. The summed E-state index contributed by atoms with van der Waals surface area (Å²) >= 11 is 0. The van der Waals surface area contributed by atoms with Crippen LogP contribution in [-0.4, -0.2) is 10.1 Å². The molecule has 0 spiro atoms. The van der Waals surface area contributed by atoms with Crippen molar-refractivity contribution in [3.63, 3.8) is 0 Å². The van der Waals surface area contributed by atoms with Crippen LogP contribution in [0.1, 0.15) is 5.56 Å². The van der Waals surface area contributed by atoms with Crippen LogP contribution in [-0.2, 0) is 0 Å². The minimum absolute atomic E-state index is 0.298. The highest BCUT2D eigenvalue weighted by atomic mass is 19.1. The summed E-state index contributed by atoms with van der Waals surface area (Å²) < 4.78 is 18.7. The van der Waals surface area contributed by atoms with E-state index in [9.17, 15) is 4.39 Å². The lowest BCUT2D eigenvalue weighted by atomic mass is 10.1. The lowest BCUT2D eigenvalue weighted by Gasteiger charge is -1.99. The number of aryl methyl sites for hydroxylation is 1. The second kappa shape index (κ2) is 4.77. The summed E-state index contributed by atoms with van der Waals surface area (Å²) in [4.78, 5) is 4.26. The maximum Gasteiger partial charge on any atom is 0.260 e. The highest BCUT2D eigenvalue weighted by Gasteiger charge is 2.13. The van der Waals surface area contributed by atoms with E-state index in [1.54, 1.807) is 31.2 Å². The number of halogens is 1. The summed E-state index contributed by atoms with van der Waals surface area (Å²) in [6.07, 6.45) is 0. The lowest BCUT2D eigenvalue weighted by Crippen LogP contribution is -1.89. The first kappa shape index (κ1) is 12.3. The van der Waals surface area contributed by atoms with E-state index in [0.29, 0.717) is 34.1 Å². The first-order chi connectivity index (χ1) is 9.65. The number of aromatic nitrogens is 2. The van der Waals surface area contributed by atoms with Crippen LogP contribution >= 0.6 is 0 Å². The van der Waals surface area contributed by atoms with Crippen LogP contribution < -0.4 is 5.73 Å². The summed E-state index contributed by atoms with van der Waals surface area (Å²) in [6.45, 7) is 1.70. The lowest BCUT2D eigenvalue weighted by molar-refractivity contribution is 0.432. The predicted molar refractivity (Wildman–Crippen MR) is 74.3 cm³/mol. The molecular weight excluding hydrogens is 257 g/mol. The highest BCUT2D eigenvalue weighted by Crippen LogP contribution is 2.26. The van der Waals surface area contributed by atoms with Gasteiger partial charge in [-0.25, -0.2) is 4.39 Å². The molecule has 3 aromatic rings. The van der Waals surface area contributed by atoms with E-state index in [4.69, 9.17) is 10.3 Å². The summed E-state index contributed by atoms with van der Waals surface area (Å²) in [7, 11) is 0. The monoisotopic (exact) mass is 269 g/mol. The Morgan fingerprint density at radius 2 is 1.95 bits per heavy atom. The van der Waals surface area contributed by atoms with Gasteiger partial charge in [-0.3, -0.25) is 0 Å². The second-order valence-electron chi connectivity index (χ2n) is 4.47. The number of hydrogen-bond donors (Lipinski definition) is 1. The van der Waals surface area contributed by atoms with Gasteiger partial charge in [-0.1, -0.05) is 29.4 Å². The maximum atomic E-state index is 13.6. The van der Waals surface area contributed by atoms with Crippen LogP contribution in [0.3, 0.4) is 0 Å². The molecule has 0 amide bonds. The van der Waals surface area contributed by atoms with Crippen molar-refractivity contribution >= 4 is 5.69 Å². The van der Waals surface area contributed by atoms with Crippen molar-refractivity contribution in [2.24, 2.45) is 0 Å². The number of anilines is 1. The van der Waals surface area contributed by atoms with Crippen molar-refractivity contribution in [3.05, 3.63) is 53.8 Å². The van der Waals surface area contributed by atoms with E-state index >= 15 is 0 Å². The van der Waals surface area contributed by atoms with Crippen molar-refractivity contribution in [1.29, 1.82) is 0 Å². The number of nitrogens with two attached hydrogens (primary N) is 1. The molecule has 5 heteroatoms. The van der Waals surface area contributed by atoms with E-state index in [1.807, 2.05) is 12.1 Å². The van der Waals surface area contributed by atoms with Crippen LogP contribution in [0.4, 0.5) is 10.1 Å². The van der Waals surface area contributed by atoms with Gasteiger partial charge >= 0.3 is 0 Å². The Morgan fingerprint density at radius 1 is 1.15 bits per heavy atom. The normalized spacial score (nSPS) is 10.7. The Balaban J connectivity index is 2.02. The molecule has 20 heavy (non-hydrogen) atoms. The van der Waals surface area contributed by atoms with E-state index < -0.39 is 0 Å². The van der Waals surface area contributed by atoms with Crippen molar-refractivity contribution in [2.75, 3.05) is 5.73 Å². The third kappa shape index (κ3) is 2.14. The standard InChI is InChI=1S/C15H12FN3O/c1-9-6-7-10(8-12(9)16)14-18-15(20-19-14)11-4-2-3-5-13(11)17/h2-8H,17H2,1H3. The largest absolute Gasteiger partial charge is 0.398 e. The fourth-order valence-corrected chi connectivity index (χ4v) is 1.87. The van der Waals surface area contributed by atoms with Crippen molar-refractivity contribution < 1.29 is 8.91 Å². The quantitative estimate of drug-likeness (QED) is 0.724. The third-order valence-electron chi connectivity index (χ3n) is 3.05. The third-order valence-corrected chi connectivity index (χ3v) is 3.05. The van der Waals surface area contributed by atoms with Gasteiger partial charge in [0.15, 0.2) is 0 Å². The number of nitrogen functional groups attached to an aromatic ring is 1. The zero-order chi connectivity index (χ0) is 14.1. The fraction of sp³-hybridized carbons (Fsp3) is 0.0667. The summed E-state index contributed by atoms with van der Waals surface area (Å²) in [5.74, 6) is 0.356. The molecule has 0 aliphatic heterocycles. The molecule has 4 nitrogen and oxygen atoms in total. The van der Waals surface area contributed by atoms with Crippen molar-refractivity contribution in [3.8, 4) is 22.8 Å². The molecule has 0 radical (unpaired) electrons. The zero-order valence-electron chi connectivity index (χ0n) is 10.8. The summed E-state index contributed by atoms with van der Waals surface area (Å²) in [5.41, 5.74) is 8.22. The molecule has 0 unspecified atom stereocenters. The minimum atomic E-state index is -0.298. The molecule has 0 saturated carbocycles. The Morgan fingerprint density at radius 3 is 2.70 bits per heavy atom. The maximum absolute atomic E-state index is 13.6. The smallest absolute Gasteiger partial charge is 0.260 e. The van der Waals surface area contributed by atoms with Crippen LogP contribution in [0, 0.1) is 12.7 Å². The van der Waals surface area contributed by atoms with E-state index in [2.05, 4.69) is 10.1 Å². The minimum Gasteiger partial charge on any atom is -0.398 e. The first-order valence-corrected chi connectivity index (χ1v) is 6.10. The highest BCUT2D eigenvalue weighted by molar-refractivity contribution is 5.71. The Kier molecular flexibility index (Phi) is 2.95. The first-order valence-electron chi connectivity index (χ1n) is 6.10. The molecule has 3 rings (SSSR count). The molecular formula is C15H12FN3O. The zero-order valence-corrected chi connectivity index (χ0v) is 10.8. The Hall–Kier alpha value is -2.69. The SMILES string of the molecule is Cc1ccc(-c2noc(-c3ccccc3N)n2)cc1F. The molecule has 100 valence electrons. The number of hydrogen-bond acceptors (Lipinski definition) is 4. The van der Waals surface area contributed by atoms with Gasteiger partial charge in [-0.05, 0) is 30.7 Å².